The number of hydrogen-bond acceptors (Lipinski definition) is 9. The lowest BCUT2D eigenvalue weighted by Gasteiger charge is -2.49. The van der Waals surface area contributed by atoms with Crippen LogP contribution in [-0.4, -0.2) is 68.4 Å². The second kappa shape index (κ2) is 14.0. The molecule has 2 aliphatic carbocycles. The first-order chi connectivity index (χ1) is 26.1. The number of amides is 4. The Balaban J connectivity index is 1.39. The summed E-state index contributed by atoms with van der Waals surface area (Å²) in [5, 5.41) is 20.0. The number of pyridine rings is 1. The molecule has 55 heavy (non-hydrogen) atoms. The van der Waals surface area contributed by atoms with Gasteiger partial charge in [-0.1, -0.05) is 65.2 Å². The molecule has 0 spiro atoms. The van der Waals surface area contributed by atoms with Crippen LogP contribution in [0, 0.1) is 29.6 Å². The molecule has 1 saturated carbocycles. The second-order valence-electron chi connectivity index (χ2n) is 13.7. The van der Waals surface area contributed by atoms with Crippen LogP contribution in [0.4, 0.5) is 19.0 Å². The molecule has 17 heteroatoms. The minimum atomic E-state index is -4.77. The third-order valence-electron chi connectivity index (χ3n) is 10.9. The number of ether oxygens (including phenoxy) is 1. The molecule has 6 atom stereocenters. The molecule has 2 saturated heterocycles. The number of fused-ring (bicyclic) bond motifs is 4. The van der Waals surface area contributed by atoms with Crippen LogP contribution in [0.3, 0.4) is 0 Å². The summed E-state index contributed by atoms with van der Waals surface area (Å²) in [6.07, 6.45) is 0.436. The molecule has 1 aromatic heterocycles. The number of carboxylic acids is 1. The van der Waals surface area contributed by atoms with Crippen LogP contribution in [-0.2, 0) is 35.6 Å². The number of aliphatic carboxylic acids is 1. The average molecular weight is 800 g/mol. The minimum Gasteiger partial charge on any atom is -0.504 e. The number of anilines is 1. The van der Waals surface area contributed by atoms with Crippen LogP contribution in [0.2, 0.25) is 10.0 Å². The van der Waals surface area contributed by atoms with Gasteiger partial charge in [-0.2, -0.15) is 18.2 Å². The number of carboxylic acid groups (broad SMARTS) is 1. The zero-order chi connectivity index (χ0) is 39.6. The third kappa shape index (κ3) is 6.28. The summed E-state index contributed by atoms with van der Waals surface area (Å²) in [5.74, 6) is -9.00. The Morgan fingerprint density at radius 3 is 2.44 bits per heavy atom. The predicted octanol–water partition coefficient (Wildman–Crippen LogP) is 6.13. The van der Waals surface area contributed by atoms with Crippen LogP contribution in [0.25, 0.3) is 6.08 Å². The number of phenols is 1. The average Bonchev–Trinajstić information content (AvgIpc) is 3.51. The summed E-state index contributed by atoms with van der Waals surface area (Å²) >= 11 is 12.5. The first-order valence-corrected chi connectivity index (χ1v) is 17.8. The maximum atomic E-state index is 15.1. The summed E-state index contributed by atoms with van der Waals surface area (Å²) in [7, 11) is 1.37. The molecular formula is C38H31Cl2F3N4O8. The lowest BCUT2D eigenvalue weighted by molar-refractivity contribution is -0.143. The van der Waals surface area contributed by atoms with Gasteiger partial charge < -0.3 is 14.9 Å². The summed E-state index contributed by atoms with van der Waals surface area (Å²) in [5.41, 5.74) is 1.17. The lowest BCUT2D eigenvalue weighted by Crippen LogP contribution is -2.54. The van der Waals surface area contributed by atoms with Crippen molar-refractivity contribution in [2.24, 2.45) is 29.6 Å². The van der Waals surface area contributed by atoms with E-state index in [1.165, 1.54) is 13.2 Å². The molecule has 0 unspecified atom stereocenters. The topological polar surface area (TPSA) is 166 Å². The monoisotopic (exact) mass is 798 g/mol. The van der Waals surface area contributed by atoms with Gasteiger partial charge in [-0.15, -0.1) is 0 Å². The maximum Gasteiger partial charge on any atom is 0.417 e. The number of alkyl halides is 3. The van der Waals surface area contributed by atoms with E-state index in [4.69, 9.17) is 27.9 Å². The summed E-state index contributed by atoms with van der Waals surface area (Å²) in [6.45, 7) is -0.331. The van der Waals surface area contributed by atoms with E-state index in [1.54, 1.807) is 54.6 Å². The first kappa shape index (κ1) is 37.9. The number of carbonyl (C=O) groups is 5. The number of benzene rings is 2. The number of methoxy groups -OCH3 is 1. The number of nitrogens with one attached hydrogen (secondary N) is 1. The first-order valence-electron chi connectivity index (χ1n) is 17.0. The number of likely N-dealkylation sites (tertiary alicyclic amines) is 1. The fourth-order valence-corrected chi connectivity index (χ4v) is 8.86. The number of hydrogen-bond donors (Lipinski definition) is 3. The highest BCUT2D eigenvalue weighted by atomic mass is 35.5. The molecule has 3 heterocycles. The van der Waals surface area contributed by atoms with Gasteiger partial charge >= 0.3 is 12.1 Å². The van der Waals surface area contributed by atoms with E-state index in [-0.39, 0.29) is 30.9 Å². The van der Waals surface area contributed by atoms with Gasteiger partial charge in [0.15, 0.2) is 17.3 Å². The lowest BCUT2D eigenvalue weighted by atomic mass is 9.50. The molecule has 4 aliphatic rings. The molecular weight excluding hydrogens is 768 g/mol. The summed E-state index contributed by atoms with van der Waals surface area (Å²) < 4.78 is 45.6. The fraction of sp³-hybridized carbons (Fsp3) is 0.316. The van der Waals surface area contributed by atoms with Gasteiger partial charge in [0.2, 0.25) is 11.8 Å². The zero-order valence-electron chi connectivity index (χ0n) is 28.7. The van der Waals surface area contributed by atoms with E-state index in [1.807, 2.05) is 0 Å². The Morgan fingerprint density at radius 2 is 1.78 bits per heavy atom. The molecule has 2 aliphatic heterocycles. The number of hydrazine groups is 1. The second-order valence-corrected chi connectivity index (χ2v) is 14.6. The van der Waals surface area contributed by atoms with Crippen molar-refractivity contribution in [1.82, 2.24) is 14.9 Å². The highest BCUT2D eigenvalue weighted by molar-refractivity contribution is 6.33. The van der Waals surface area contributed by atoms with Gasteiger partial charge in [0.1, 0.15) is 0 Å². The normalized spacial score (nSPS) is 26.2. The quantitative estimate of drug-likeness (QED) is 0.169. The number of halogens is 5. The van der Waals surface area contributed by atoms with E-state index in [9.17, 15) is 42.6 Å². The van der Waals surface area contributed by atoms with E-state index < -0.39 is 93.6 Å². The number of carbonyl (C=O) groups excluding carboxylic acids is 4. The predicted molar refractivity (Wildman–Crippen MR) is 190 cm³/mol. The number of rotatable bonds is 9. The van der Waals surface area contributed by atoms with Crippen molar-refractivity contribution < 1.29 is 52.1 Å². The van der Waals surface area contributed by atoms with Crippen LogP contribution >= 0.6 is 23.2 Å². The smallest absolute Gasteiger partial charge is 0.417 e. The SMILES string of the molecule is COc1cc(C=C[C@H]2C3=CC[C@@H]4C(=O)N(CCC(=O)O)C(=O)[C@@H]4[C@@H]3C[C@H]3C(=O)N(Nc4ncc(C(F)(F)F)cc4Cl)C(=O)[C@@]23c2ccc(Cl)cc2)ccc1O. The van der Waals surface area contributed by atoms with E-state index in [0.717, 1.165) is 4.90 Å². The van der Waals surface area contributed by atoms with Crippen molar-refractivity contribution in [3.63, 3.8) is 0 Å². The van der Waals surface area contributed by atoms with E-state index in [2.05, 4.69) is 10.4 Å². The number of phenolic OH excluding ortho intramolecular Hbond substituents is 1. The molecule has 2 aromatic carbocycles. The van der Waals surface area contributed by atoms with Crippen molar-refractivity contribution in [2.75, 3.05) is 19.1 Å². The van der Waals surface area contributed by atoms with Gasteiger partial charge in [-0.05, 0) is 60.2 Å². The number of nitrogens with zero attached hydrogens (tertiary/aromatic N) is 3. The Bertz CT molecular complexity index is 2200. The standard InChI is InChI=1S/C38H31Cl2F3N4O8/c1-55-29-14-18(3-11-28(29)48)2-10-25-22-8-9-23-31(35(53)46(33(23)51)13-12-30(49)50)24(22)16-26-34(52)47(36(54)37(25,26)19-4-6-21(39)7-5-19)45-32-27(40)15-20(17-44-32)38(41,42)43/h2-8,10-11,14-15,17,23-26,31,48H,9,12-13,16H2,1H3,(H,44,45)(H,49,50)/t23-,24+,25-,26-,31-,37-/m0/s1. The Morgan fingerprint density at radius 1 is 1.05 bits per heavy atom. The largest absolute Gasteiger partial charge is 0.504 e. The van der Waals surface area contributed by atoms with Crippen molar-refractivity contribution in [3.8, 4) is 11.5 Å². The zero-order valence-corrected chi connectivity index (χ0v) is 30.2. The van der Waals surface area contributed by atoms with Crippen LogP contribution in [0.15, 0.2) is 72.5 Å². The number of allylic oxidation sites excluding steroid dienone is 3. The molecule has 12 nitrogen and oxygen atoms in total. The molecule has 3 fully saturated rings. The number of aromatic hydroxyl groups is 1. The summed E-state index contributed by atoms with van der Waals surface area (Å²) in [4.78, 5) is 73.5. The Hall–Kier alpha value is -5.41. The Labute approximate surface area is 321 Å². The number of aromatic nitrogens is 1. The van der Waals surface area contributed by atoms with Gasteiger partial charge in [0.25, 0.3) is 11.8 Å². The molecule has 0 radical (unpaired) electrons. The van der Waals surface area contributed by atoms with E-state index in [0.29, 0.717) is 39.0 Å². The molecule has 4 amide bonds. The Kier molecular flexibility index (Phi) is 9.66. The van der Waals surface area contributed by atoms with Crippen molar-refractivity contribution in [3.05, 3.63) is 99.2 Å². The third-order valence-corrected chi connectivity index (χ3v) is 11.5. The molecule has 3 N–H and O–H groups in total. The van der Waals surface area contributed by atoms with Gasteiger partial charge in [0.05, 0.1) is 47.3 Å². The molecule has 0 bridgehead atoms. The summed E-state index contributed by atoms with van der Waals surface area (Å²) in [6, 6.07) is 11.5. The maximum absolute atomic E-state index is 15.1. The minimum absolute atomic E-state index is 0.0958. The van der Waals surface area contributed by atoms with Gasteiger partial charge in [0, 0.05) is 23.7 Å². The number of imide groups is 2. The highest BCUT2D eigenvalue weighted by Gasteiger charge is 2.69. The van der Waals surface area contributed by atoms with Gasteiger partial charge in [-0.3, -0.25) is 34.3 Å². The molecule has 7 rings (SSSR count). The van der Waals surface area contributed by atoms with Gasteiger partial charge in [-0.25, -0.2) is 4.98 Å². The van der Waals surface area contributed by atoms with Crippen LogP contribution < -0.4 is 10.2 Å². The van der Waals surface area contributed by atoms with E-state index >= 15 is 4.79 Å². The molecule has 286 valence electrons. The fourth-order valence-electron chi connectivity index (χ4n) is 8.53. The van der Waals surface area contributed by atoms with Crippen molar-refractivity contribution >= 4 is 64.7 Å². The highest BCUT2D eigenvalue weighted by Crippen LogP contribution is 2.61. The van der Waals surface area contributed by atoms with Crippen LogP contribution in [0.1, 0.15) is 36.0 Å². The van der Waals surface area contributed by atoms with Crippen molar-refractivity contribution in [2.45, 2.75) is 30.9 Å². The molecule has 3 aromatic rings. The van der Waals surface area contributed by atoms with Crippen molar-refractivity contribution in [1.29, 1.82) is 0 Å². The van der Waals surface area contributed by atoms with Crippen LogP contribution in [0.5, 0.6) is 11.5 Å².